The quantitative estimate of drug-likeness (QED) is 0.814. The van der Waals surface area contributed by atoms with Crippen LogP contribution in [0, 0.1) is 6.92 Å². The van der Waals surface area contributed by atoms with Crippen LogP contribution in [0.1, 0.15) is 24.7 Å². The molecular weight excluding hydrogens is 242 g/mol. The molecule has 2 rings (SSSR count). The van der Waals surface area contributed by atoms with Gasteiger partial charge in [-0.15, -0.1) is 10.2 Å². The Morgan fingerprint density at radius 3 is 3.12 bits per heavy atom. The van der Waals surface area contributed by atoms with Crippen LogP contribution in [0.25, 0.3) is 0 Å². The zero-order chi connectivity index (χ0) is 12.3. The number of carbonyl (C=O) groups is 1. The number of carboxylic acids is 1. The fraction of sp³-hybridized carbons (Fsp3) is 0.700. The van der Waals surface area contributed by atoms with E-state index in [0.29, 0.717) is 11.8 Å². The third-order valence-electron chi connectivity index (χ3n) is 2.66. The molecule has 2 heterocycles. The van der Waals surface area contributed by atoms with Gasteiger partial charge in [-0.25, -0.2) is 0 Å². The number of nitrogens with zero attached hydrogens (tertiary/aromatic N) is 3. The summed E-state index contributed by atoms with van der Waals surface area (Å²) in [4.78, 5) is 10.6. The van der Waals surface area contributed by atoms with Gasteiger partial charge in [-0.1, -0.05) is 11.8 Å². The summed E-state index contributed by atoms with van der Waals surface area (Å²) in [6.45, 7) is 3.33. The molecule has 1 aliphatic heterocycles. The Hall–Kier alpha value is -1.08. The summed E-state index contributed by atoms with van der Waals surface area (Å²) in [5.74, 6) is -0.0263. The van der Waals surface area contributed by atoms with E-state index in [1.54, 1.807) is 0 Å². The highest BCUT2D eigenvalue weighted by Crippen LogP contribution is 2.26. The Balaban J connectivity index is 2.13. The first-order valence-electron chi connectivity index (χ1n) is 5.52. The first-order chi connectivity index (χ1) is 8.18. The van der Waals surface area contributed by atoms with Crippen molar-refractivity contribution in [3.8, 4) is 0 Å². The Morgan fingerprint density at radius 1 is 1.65 bits per heavy atom. The molecule has 1 unspecified atom stereocenters. The van der Waals surface area contributed by atoms with Crippen molar-refractivity contribution in [1.82, 2.24) is 14.8 Å². The summed E-state index contributed by atoms with van der Waals surface area (Å²) in [6.07, 6.45) is 2.05. The van der Waals surface area contributed by atoms with Crippen LogP contribution in [0.5, 0.6) is 0 Å². The van der Waals surface area contributed by atoms with Crippen molar-refractivity contribution in [3.63, 3.8) is 0 Å². The molecule has 0 aliphatic carbocycles. The maximum atomic E-state index is 10.6. The molecule has 1 aliphatic rings. The molecule has 94 valence electrons. The lowest BCUT2D eigenvalue weighted by molar-refractivity contribution is -0.133. The van der Waals surface area contributed by atoms with E-state index in [1.165, 1.54) is 11.8 Å². The third kappa shape index (κ3) is 2.98. The van der Waals surface area contributed by atoms with Crippen LogP contribution in [0.3, 0.4) is 0 Å². The van der Waals surface area contributed by atoms with E-state index in [9.17, 15) is 4.79 Å². The molecule has 0 bridgehead atoms. The van der Waals surface area contributed by atoms with E-state index < -0.39 is 5.97 Å². The van der Waals surface area contributed by atoms with E-state index in [1.807, 2.05) is 11.5 Å². The fourth-order valence-electron chi connectivity index (χ4n) is 1.92. The number of aryl methyl sites for hydroxylation is 1. The Morgan fingerprint density at radius 2 is 2.47 bits per heavy atom. The molecule has 1 atom stereocenters. The zero-order valence-corrected chi connectivity index (χ0v) is 10.4. The minimum Gasteiger partial charge on any atom is -0.481 e. The summed E-state index contributed by atoms with van der Waals surface area (Å²) < 4.78 is 7.43. The summed E-state index contributed by atoms with van der Waals surface area (Å²) in [7, 11) is 0. The van der Waals surface area contributed by atoms with E-state index in [4.69, 9.17) is 9.84 Å². The number of ether oxygens (including phenoxy) is 1. The SMILES string of the molecule is Cc1nnc(SCC(=O)O)n1C1CCCOC1. The van der Waals surface area contributed by atoms with Crippen LogP contribution in [0.4, 0.5) is 0 Å². The topological polar surface area (TPSA) is 77.2 Å². The predicted octanol–water partition coefficient (Wildman–Crippen LogP) is 1.11. The maximum absolute atomic E-state index is 10.6. The highest BCUT2D eigenvalue weighted by molar-refractivity contribution is 7.99. The molecule has 0 amide bonds. The van der Waals surface area contributed by atoms with Gasteiger partial charge in [0, 0.05) is 6.61 Å². The van der Waals surface area contributed by atoms with Crippen LogP contribution in [-0.4, -0.2) is 44.8 Å². The number of thioether (sulfide) groups is 1. The van der Waals surface area contributed by atoms with Crippen molar-refractivity contribution in [3.05, 3.63) is 5.82 Å². The van der Waals surface area contributed by atoms with E-state index >= 15 is 0 Å². The van der Waals surface area contributed by atoms with Gasteiger partial charge in [-0.3, -0.25) is 4.79 Å². The second-order valence-electron chi connectivity index (χ2n) is 3.95. The van der Waals surface area contributed by atoms with Gasteiger partial charge in [0.15, 0.2) is 5.16 Å². The first-order valence-corrected chi connectivity index (χ1v) is 6.51. The van der Waals surface area contributed by atoms with Gasteiger partial charge in [0.2, 0.25) is 0 Å². The summed E-state index contributed by atoms with van der Waals surface area (Å²) in [5.41, 5.74) is 0. The number of aliphatic carboxylic acids is 1. The van der Waals surface area contributed by atoms with Crippen LogP contribution in [0.15, 0.2) is 5.16 Å². The van der Waals surface area contributed by atoms with Gasteiger partial charge >= 0.3 is 5.97 Å². The van der Waals surface area contributed by atoms with Gasteiger partial charge in [0.1, 0.15) is 5.82 Å². The van der Waals surface area contributed by atoms with Crippen LogP contribution < -0.4 is 0 Å². The van der Waals surface area contributed by atoms with Crippen molar-refractivity contribution >= 4 is 17.7 Å². The molecule has 1 saturated heterocycles. The number of rotatable bonds is 4. The lowest BCUT2D eigenvalue weighted by Gasteiger charge is -2.25. The molecule has 0 aromatic carbocycles. The largest absolute Gasteiger partial charge is 0.481 e. The maximum Gasteiger partial charge on any atom is 0.313 e. The summed E-state index contributed by atoms with van der Waals surface area (Å²) in [5, 5.41) is 17.4. The number of hydrogen-bond acceptors (Lipinski definition) is 5. The zero-order valence-electron chi connectivity index (χ0n) is 9.63. The standard InChI is InChI=1S/C10H15N3O3S/c1-7-11-12-10(17-6-9(14)15)13(7)8-3-2-4-16-5-8/h8H,2-6H2,1H3,(H,14,15). The molecular formula is C10H15N3O3S. The molecule has 1 aromatic rings. The average Bonchev–Trinajstić information content (AvgIpc) is 2.69. The summed E-state index contributed by atoms with van der Waals surface area (Å²) >= 11 is 1.20. The number of carboxylic acid groups (broad SMARTS) is 1. The molecule has 7 heteroatoms. The Labute approximate surface area is 103 Å². The first kappa shape index (κ1) is 12.4. The van der Waals surface area contributed by atoms with Gasteiger partial charge in [-0.2, -0.15) is 0 Å². The van der Waals surface area contributed by atoms with Crippen molar-refractivity contribution in [2.75, 3.05) is 19.0 Å². The summed E-state index contributed by atoms with van der Waals surface area (Å²) in [6, 6.07) is 0.232. The second-order valence-corrected chi connectivity index (χ2v) is 4.90. The van der Waals surface area contributed by atoms with E-state index in [0.717, 1.165) is 25.3 Å². The molecule has 1 N–H and O–H groups in total. The van der Waals surface area contributed by atoms with Gasteiger partial charge in [0.25, 0.3) is 0 Å². The minimum absolute atomic E-state index is 0.00567. The van der Waals surface area contributed by atoms with Crippen LogP contribution in [-0.2, 0) is 9.53 Å². The van der Waals surface area contributed by atoms with Gasteiger partial charge < -0.3 is 14.4 Å². The van der Waals surface area contributed by atoms with Gasteiger partial charge in [-0.05, 0) is 19.8 Å². The Bertz CT molecular complexity index is 402. The highest BCUT2D eigenvalue weighted by atomic mass is 32.2. The fourth-order valence-corrected chi connectivity index (χ4v) is 2.69. The molecule has 6 nitrogen and oxygen atoms in total. The molecule has 1 fully saturated rings. The molecule has 17 heavy (non-hydrogen) atoms. The smallest absolute Gasteiger partial charge is 0.313 e. The number of aromatic nitrogens is 3. The average molecular weight is 257 g/mol. The van der Waals surface area contributed by atoms with Crippen molar-refractivity contribution in [2.45, 2.75) is 31.0 Å². The third-order valence-corrected chi connectivity index (χ3v) is 3.59. The van der Waals surface area contributed by atoms with Crippen molar-refractivity contribution in [1.29, 1.82) is 0 Å². The van der Waals surface area contributed by atoms with E-state index in [2.05, 4.69) is 10.2 Å². The predicted molar refractivity (Wildman–Crippen MR) is 62.2 cm³/mol. The van der Waals surface area contributed by atoms with Crippen LogP contribution >= 0.6 is 11.8 Å². The van der Waals surface area contributed by atoms with E-state index in [-0.39, 0.29) is 11.8 Å². The lowest BCUT2D eigenvalue weighted by atomic mass is 10.1. The molecule has 0 saturated carbocycles. The second kappa shape index (κ2) is 5.50. The van der Waals surface area contributed by atoms with Crippen molar-refractivity contribution < 1.29 is 14.6 Å². The number of hydrogen-bond donors (Lipinski definition) is 1. The van der Waals surface area contributed by atoms with Crippen LogP contribution in [0.2, 0.25) is 0 Å². The lowest BCUT2D eigenvalue weighted by Crippen LogP contribution is -2.23. The van der Waals surface area contributed by atoms with Gasteiger partial charge in [0.05, 0.1) is 18.4 Å². The highest BCUT2D eigenvalue weighted by Gasteiger charge is 2.22. The molecule has 1 aromatic heterocycles. The molecule has 0 spiro atoms. The monoisotopic (exact) mass is 257 g/mol. The normalized spacial score (nSPS) is 20.4. The van der Waals surface area contributed by atoms with Crippen molar-refractivity contribution in [2.24, 2.45) is 0 Å². The molecule has 0 radical (unpaired) electrons. The minimum atomic E-state index is -0.845. The Kier molecular flexibility index (Phi) is 4.01.